The summed E-state index contributed by atoms with van der Waals surface area (Å²) in [5.74, 6) is 0.566. The van der Waals surface area contributed by atoms with Crippen LogP contribution in [0.4, 0.5) is 4.79 Å². The van der Waals surface area contributed by atoms with E-state index in [1.54, 1.807) is 4.90 Å². The first kappa shape index (κ1) is 17.2. The van der Waals surface area contributed by atoms with Gasteiger partial charge in [0.25, 0.3) is 0 Å². The lowest BCUT2D eigenvalue weighted by atomic mass is 10.0. The molecule has 5 nitrogen and oxygen atoms in total. The fourth-order valence-corrected chi connectivity index (χ4v) is 2.48. The van der Waals surface area contributed by atoms with E-state index in [-0.39, 0.29) is 18.7 Å². The number of aliphatic hydroxyl groups excluding tert-OH is 1. The Labute approximate surface area is 122 Å². The van der Waals surface area contributed by atoms with Gasteiger partial charge < -0.3 is 14.7 Å². The van der Waals surface area contributed by atoms with Crippen molar-refractivity contribution in [1.82, 2.24) is 9.80 Å². The molecule has 0 bridgehead atoms. The van der Waals surface area contributed by atoms with Crippen LogP contribution in [0.2, 0.25) is 0 Å². The molecule has 5 heteroatoms. The van der Waals surface area contributed by atoms with Gasteiger partial charge in [-0.15, -0.1) is 0 Å². The standard InChI is InChI=1S/C15H30N2O3/c1-12(2)10-13(11-18)16-6-8-17(9-7-16)14(19)20-15(3,4)5/h12-13,18H,6-11H2,1-5H3/t13-/m0/s1. The summed E-state index contributed by atoms with van der Waals surface area (Å²) in [6, 6.07) is 0.204. The summed E-state index contributed by atoms with van der Waals surface area (Å²) >= 11 is 0. The van der Waals surface area contributed by atoms with Crippen LogP contribution in [0, 0.1) is 5.92 Å². The Morgan fingerprint density at radius 3 is 2.15 bits per heavy atom. The van der Waals surface area contributed by atoms with Crippen LogP contribution in [0.5, 0.6) is 0 Å². The molecule has 0 aromatic carbocycles. The topological polar surface area (TPSA) is 53.0 Å². The molecule has 20 heavy (non-hydrogen) atoms. The van der Waals surface area contributed by atoms with Gasteiger partial charge in [-0.05, 0) is 33.1 Å². The van der Waals surface area contributed by atoms with Gasteiger partial charge in [0.15, 0.2) is 0 Å². The number of carbonyl (C=O) groups excluding carboxylic acids is 1. The number of rotatable bonds is 4. The molecule has 1 atom stereocenters. The van der Waals surface area contributed by atoms with Crippen molar-refractivity contribution < 1.29 is 14.6 Å². The summed E-state index contributed by atoms with van der Waals surface area (Å²) in [4.78, 5) is 16.0. The lowest BCUT2D eigenvalue weighted by Gasteiger charge is -2.39. The fourth-order valence-electron chi connectivity index (χ4n) is 2.48. The number of carbonyl (C=O) groups is 1. The highest BCUT2D eigenvalue weighted by molar-refractivity contribution is 5.68. The Bertz CT molecular complexity index is 305. The molecule has 1 aliphatic rings. The van der Waals surface area contributed by atoms with Gasteiger partial charge in [0, 0.05) is 32.2 Å². The van der Waals surface area contributed by atoms with E-state index >= 15 is 0 Å². The van der Waals surface area contributed by atoms with E-state index in [0.29, 0.717) is 19.0 Å². The van der Waals surface area contributed by atoms with Crippen molar-refractivity contribution in [2.45, 2.75) is 52.7 Å². The molecule has 0 spiro atoms. The average molecular weight is 286 g/mol. The number of nitrogens with zero attached hydrogens (tertiary/aromatic N) is 2. The highest BCUT2D eigenvalue weighted by Gasteiger charge is 2.28. The number of piperazine rings is 1. The summed E-state index contributed by atoms with van der Waals surface area (Å²) in [6.07, 6.45) is 0.754. The van der Waals surface area contributed by atoms with Gasteiger partial charge in [0.2, 0.25) is 0 Å². The van der Waals surface area contributed by atoms with Crippen LogP contribution in [0.1, 0.15) is 41.0 Å². The maximum atomic E-state index is 12.0. The molecule has 1 saturated heterocycles. The molecule has 1 rings (SSSR count). The van der Waals surface area contributed by atoms with Gasteiger partial charge in [0.05, 0.1) is 6.61 Å². The number of hydrogen-bond acceptors (Lipinski definition) is 4. The molecule has 0 radical (unpaired) electrons. The lowest BCUT2D eigenvalue weighted by Crippen LogP contribution is -2.53. The Hall–Kier alpha value is -0.810. The van der Waals surface area contributed by atoms with Crippen LogP contribution in [0.3, 0.4) is 0 Å². The number of aliphatic hydroxyl groups is 1. The van der Waals surface area contributed by atoms with Crippen LogP contribution in [-0.4, -0.2) is 65.4 Å². The lowest BCUT2D eigenvalue weighted by molar-refractivity contribution is 0.00496. The van der Waals surface area contributed by atoms with Gasteiger partial charge in [-0.25, -0.2) is 4.79 Å². The molecule has 0 aromatic rings. The van der Waals surface area contributed by atoms with Crippen molar-refractivity contribution >= 4 is 6.09 Å². The van der Waals surface area contributed by atoms with Crippen LogP contribution < -0.4 is 0 Å². The van der Waals surface area contributed by atoms with E-state index in [4.69, 9.17) is 4.74 Å². The van der Waals surface area contributed by atoms with E-state index in [9.17, 15) is 9.90 Å². The zero-order chi connectivity index (χ0) is 15.3. The normalized spacial score (nSPS) is 19.2. The molecule has 1 N–H and O–H groups in total. The molecule has 1 amide bonds. The number of hydrogen-bond donors (Lipinski definition) is 1. The molecule has 0 saturated carbocycles. The second-order valence-corrected chi connectivity index (χ2v) is 6.97. The summed E-state index contributed by atoms with van der Waals surface area (Å²) in [5, 5.41) is 9.51. The monoisotopic (exact) mass is 286 g/mol. The number of amides is 1. The molecule has 0 aliphatic carbocycles. The largest absolute Gasteiger partial charge is 0.444 e. The quantitative estimate of drug-likeness (QED) is 0.858. The third-order valence-corrected chi connectivity index (χ3v) is 3.44. The van der Waals surface area contributed by atoms with Crippen molar-refractivity contribution in [2.75, 3.05) is 32.8 Å². The molecular formula is C15H30N2O3. The summed E-state index contributed by atoms with van der Waals surface area (Å²) in [6.45, 7) is 13.1. The van der Waals surface area contributed by atoms with Gasteiger partial charge in [0.1, 0.15) is 5.60 Å². The van der Waals surface area contributed by atoms with E-state index in [2.05, 4.69) is 18.7 Å². The van der Waals surface area contributed by atoms with E-state index in [1.165, 1.54) is 0 Å². The van der Waals surface area contributed by atoms with E-state index in [1.807, 2.05) is 20.8 Å². The smallest absolute Gasteiger partial charge is 0.410 e. The van der Waals surface area contributed by atoms with E-state index < -0.39 is 5.60 Å². The van der Waals surface area contributed by atoms with Crippen molar-refractivity contribution in [3.8, 4) is 0 Å². The first-order valence-corrected chi connectivity index (χ1v) is 7.55. The summed E-state index contributed by atoms with van der Waals surface area (Å²) < 4.78 is 5.38. The molecule has 1 fully saturated rings. The molecule has 0 unspecified atom stereocenters. The molecule has 1 aliphatic heterocycles. The van der Waals surface area contributed by atoms with Gasteiger partial charge in [-0.3, -0.25) is 4.90 Å². The second-order valence-electron chi connectivity index (χ2n) is 6.97. The van der Waals surface area contributed by atoms with Gasteiger partial charge in [-0.1, -0.05) is 13.8 Å². The Morgan fingerprint density at radius 2 is 1.75 bits per heavy atom. The SMILES string of the molecule is CC(C)C[C@@H](CO)N1CCN(C(=O)OC(C)(C)C)CC1. The molecular weight excluding hydrogens is 256 g/mol. The van der Waals surface area contributed by atoms with E-state index in [0.717, 1.165) is 19.5 Å². The second kappa shape index (κ2) is 7.27. The van der Waals surface area contributed by atoms with Crippen LogP contribution in [0.15, 0.2) is 0 Å². The van der Waals surface area contributed by atoms with Crippen molar-refractivity contribution in [3.63, 3.8) is 0 Å². The van der Waals surface area contributed by atoms with Crippen molar-refractivity contribution in [2.24, 2.45) is 5.92 Å². The van der Waals surface area contributed by atoms with Crippen molar-refractivity contribution in [3.05, 3.63) is 0 Å². The highest BCUT2D eigenvalue weighted by Crippen LogP contribution is 2.16. The van der Waals surface area contributed by atoms with Crippen LogP contribution in [-0.2, 0) is 4.74 Å². The summed E-state index contributed by atoms with van der Waals surface area (Å²) in [5.41, 5.74) is -0.445. The Kier molecular flexibility index (Phi) is 6.27. The number of ether oxygens (including phenoxy) is 1. The minimum atomic E-state index is -0.445. The zero-order valence-electron chi connectivity index (χ0n) is 13.6. The fraction of sp³-hybridized carbons (Fsp3) is 0.933. The third kappa shape index (κ3) is 5.67. The predicted octanol–water partition coefficient (Wildman–Crippen LogP) is 1.95. The van der Waals surface area contributed by atoms with Gasteiger partial charge >= 0.3 is 6.09 Å². The van der Waals surface area contributed by atoms with Crippen LogP contribution >= 0.6 is 0 Å². The maximum absolute atomic E-state index is 12.0. The first-order valence-electron chi connectivity index (χ1n) is 7.55. The predicted molar refractivity (Wildman–Crippen MR) is 79.7 cm³/mol. The van der Waals surface area contributed by atoms with Crippen molar-refractivity contribution in [1.29, 1.82) is 0 Å². The highest BCUT2D eigenvalue weighted by atomic mass is 16.6. The average Bonchev–Trinajstić information content (AvgIpc) is 2.34. The Morgan fingerprint density at radius 1 is 1.20 bits per heavy atom. The molecule has 118 valence electrons. The first-order chi connectivity index (χ1) is 9.23. The Balaban J connectivity index is 2.44. The van der Waals surface area contributed by atoms with Crippen LogP contribution in [0.25, 0.3) is 0 Å². The maximum Gasteiger partial charge on any atom is 0.410 e. The summed E-state index contributed by atoms with van der Waals surface area (Å²) in [7, 11) is 0. The minimum Gasteiger partial charge on any atom is -0.444 e. The minimum absolute atomic E-state index is 0.185. The van der Waals surface area contributed by atoms with Gasteiger partial charge in [-0.2, -0.15) is 0 Å². The third-order valence-electron chi connectivity index (χ3n) is 3.44. The molecule has 0 aromatic heterocycles. The zero-order valence-corrected chi connectivity index (χ0v) is 13.6. The molecule has 1 heterocycles.